The molecule has 0 aliphatic rings. The number of oxazole rings is 1. The van der Waals surface area contributed by atoms with Gasteiger partial charge < -0.3 is 9.73 Å². The molecular weight excluding hydrogens is 336 g/mol. The van der Waals surface area contributed by atoms with Gasteiger partial charge in [-0.1, -0.05) is 36.8 Å². The van der Waals surface area contributed by atoms with Crippen molar-refractivity contribution in [2.75, 3.05) is 5.32 Å². The molecule has 1 amide bonds. The number of carbonyl (C=O) groups excluding carboxylic acids is 1. The third-order valence-corrected chi connectivity index (χ3v) is 4.57. The van der Waals surface area contributed by atoms with Gasteiger partial charge in [0.05, 0.1) is 0 Å². The monoisotopic (exact) mass is 356 g/mol. The molecule has 134 valence electrons. The molecule has 0 radical (unpaired) electrons. The molecule has 0 spiro atoms. The Balaban J connectivity index is 1.58. The van der Waals surface area contributed by atoms with Crippen LogP contribution in [-0.4, -0.2) is 10.9 Å². The number of nitrogens with one attached hydrogen (secondary N) is 1. The summed E-state index contributed by atoms with van der Waals surface area (Å²) in [4.78, 5) is 16.9. The third-order valence-electron chi connectivity index (χ3n) is 4.57. The van der Waals surface area contributed by atoms with E-state index in [2.05, 4.69) is 29.4 Å². The molecule has 27 heavy (non-hydrogen) atoms. The lowest BCUT2D eigenvalue weighted by atomic mass is 10.1. The summed E-state index contributed by atoms with van der Waals surface area (Å²) in [5, 5.41) is 2.91. The maximum atomic E-state index is 12.4. The highest BCUT2D eigenvalue weighted by atomic mass is 16.3. The second-order valence-electron chi connectivity index (χ2n) is 6.57. The minimum atomic E-state index is -0.149. The second kappa shape index (κ2) is 7.08. The van der Waals surface area contributed by atoms with Crippen molar-refractivity contribution in [3.8, 4) is 11.5 Å². The van der Waals surface area contributed by atoms with Gasteiger partial charge in [0.15, 0.2) is 5.58 Å². The fraction of sp³-hybridized carbons (Fsp3) is 0.130. The Kier molecular flexibility index (Phi) is 4.47. The van der Waals surface area contributed by atoms with Crippen LogP contribution < -0.4 is 5.32 Å². The minimum Gasteiger partial charge on any atom is -0.436 e. The Morgan fingerprint density at radius 1 is 1.00 bits per heavy atom. The number of hydrogen-bond acceptors (Lipinski definition) is 3. The largest absolute Gasteiger partial charge is 0.436 e. The van der Waals surface area contributed by atoms with Crippen LogP contribution in [0.1, 0.15) is 28.4 Å². The van der Waals surface area contributed by atoms with Gasteiger partial charge in [0, 0.05) is 22.9 Å². The molecule has 0 unspecified atom stereocenters. The number of anilines is 1. The van der Waals surface area contributed by atoms with Crippen LogP contribution in [-0.2, 0) is 6.42 Å². The Labute approximate surface area is 157 Å². The molecule has 0 saturated heterocycles. The second-order valence-corrected chi connectivity index (χ2v) is 6.57. The molecule has 3 aromatic carbocycles. The molecule has 0 atom stereocenters. The van der Waals surface area contributed by atoms with Gasteiger partial charge in [-0.15, -0.1) is 0 Å². The number of carbonyl (C=O) groups is 1. The smallest absolute Gasteiger partial charge is 0.255 e. The van der Waals surface area contributed by atoms with Gasteiger partial charge in [0.25, 0.3) is 5.91 Å². The molecule has 4 rings (SSSR count). The van der Waals surface area contributed by atoms with E-state index in [0.717, 1.165) is 23.1 Å². The zero-order valence-electron chi connectivity index (χ0n) is 15.3. The Bertz CT molecular complexity index is 1090. The predicted molar refractivity (Wildman–Crippen MR) is 108 cm³/mol. The zero-order chi connectivity index (χ0) is 18.8. The first-order valence-electron chi connectivity index (χ1n) is 9.00. The molecule has 0 fully saturated rings. The van der Waals surface area contributed by atoms with Crippen molar-refractivity contribution in [1.29, 1.82) is 0 Å². The third kappa shape index (κ3) is 3.60. The van der Waals surface area contributed by atoms with Crippen molar-refractivity contribution in [1.82, 2.24) is 4.98 Å². The van der Waals surface area contributed by atoms with Gasteiger partial charge in [-0.2, -0.15) is 0 Å². The summed E-state index contributed by atoms with van der Waals surface area (Å²) in [6.45, 7) is 4.12. The summed E-state index contributed by atoms with van der Waals surface area (Å²) in [6.07, 6.45) is 0.998. The average molecular weight is 356 g/mol. The number of aromatic nitrogens is 1. The van der Waals surface area contributed by atoms with Crippen molar-refractivity contribution in [2.24, 2.45) is 0 Å². The number of rotatable bonds is 4. The number of fused-ring (bicyclic) bond motifs is 1. The first-order valence-corrected chi connectivity index (χ1v) is 9.00. The molecule has 1 N–H and O–H groups in total. The number of amides is 1. The number of nitrogens with zero attached hydrogens (tertiary/aromatic N) is 1. The van der Waals surface area contributed by atoms with E-state index in [4.69, 9.17) is 4.42 Å². The van der Waals surface area contributed by atoms with Crippen molar-refractivity contribution in [3.05, 3.63) is 83.4 Å². The topological polar surface area (TPSA) is 55.1 Å². The maximum absolute atomic E-state index is 12.4. The van der Waals surface area contributed by atoms with E-state index in [0.29, 0.717) is 22.7 Å². The van der Waals surface area contributed by atoms with Crippen LogP contribution in [0.3, 0.4) is 0 Å². The van der Waals surface area contributed by atoms with Gasteiger partial charge >= 0.3 is 0 Å². The SMILES string of the molecule is CCc1ccc(-c2nc3ccc(NC(=O)c4ccc(C)cc4)cc3o2)cc1. The molecule has 1 aromatic heterocycles. The van der Waals surface area contributed by atoms with E-state index in [1.165, 1.54) is 5.56 Å². The highest BCUT2D eigenvalue weighted by Gasteiger charge is 2.11. The van der Waals surface area contributed by atoms with Crippen LogP contribution in [0, 0.1) is 6.92 Å². The molecule has 0 aliphatic heterocycles. The molecule has 0 saturated carbocycles. The number of aryl methyl sites for hydroxylation is 2. The van der Waals surface area contributed by atoms with Gasteiger partial charge in [-0.25, -0.2) is 4.98 Å². The van der Waals surface area contributed by atoms with E-state index in [1.807, 2.05) is 55.5 Å². The van der Waals surface area contributed by atoms with Crippen molar-refractivity contribution in [2.45, 2.75) is 20.3 Å². The highest BCUT2D eigenvalue weighted by Crippen LogP contribution is 2.27. The first kappa shape index (κ1) is 17.0. The molecule has 0 bridgehead atoms. The molecule has 4 aromatic rings. The highest BCUT2D eigenvalue weighted by molar-refractivity contribution is 6.04. The summed E-state index contributed by atoms with van der Waals surface area (Å²) in [5.74, 6) is 0.430. The van der Waals surface area contributed by atoms with Gasteiger partial charge in [0.1, 0.15) is 5.52 Å². The van der Waals surface area contributed by atoms with E-state index in [9.17, 15) is 4.79 Å². The van der Waals surface area contributed by atoms with Crippen LogP contribution >= 0.6 is 0 Å². The molecule has 4 nitrogen and oxygen atoms in total. The standard InChI is InChI=1S/C23H20N2O2/c1-3-16-6-10-18(11-7-16)23-25-20-13-12-19(14-21(20)27-23)24-22(26)17-8-4-15(2)5-9-17/h4-14H,3H2,1-2H3,(H,24,26). The van der Waals surface area contributed by atoms with E-state index < -0.39 is 0 Å². The lowest BCUT2D eigenvalue weighted by Crippen LogP contribution is -2.11. The van der Waals surface area contributed by atoms with Crippen molar-refractivity contribution < 1.29 is 9.21 Å². The fourth-order valence-corrected chi connectivity index (χ4v) is 2.92. The van der Waals surface area contributed by atoms with Crippen LogP contribution in [0.5, 0.6) is 0 Å². The van der Waals surface area contributed by atoms with Gasteiger partial charge in [-0.3, -0.25) is 4.79 Å². The van der Waals surface area contributed by atoms with Crippen LogP contribution in [0.15, 0.2) is 71.1 Å². The quantitative estimate of drug-likeness (QED) is 0.516. The maximum Gasteiger partial charge on any atom is 0.255 e. The fourth-order valence-electron chi connectivity index (χ4n) is 2.92. The minimum absolute atomic E-state index is 0.149. The summed E-state index contributed by atoms with van der Waals surface area (Å²) in [6, 6.07) is 21.2. The first-order chi connectivity index (χ1) is 13.1. The molecule has 0 aliphatic carbocycles. The molecule has 1 heterocycles. The van der Waals surface area contributed by atoms with Crippen LogP contribution in [0.4, 0.5) is 5.69 Å². The lowest BCUT2D eigenvalue weighted by Gasteiger charge is -2.05. The summed E-state index contributed by atoms with van der Waals surface area (Å²) in [5.41, 5.74) is 6.04. The Morgan fingerprint density at radius 2 is 1.74 bits per heavy atom. The van der Waals surface area contributed by atoms with Crippen LogP contribution in [0.2, 0.25) is 0 Å². The van der Waals surface area contributed by atoms with E-state index >= 15 is 0 Å². The van der Waals surface area contributed by atoms with Crippen LogP contribution in [0.25, 0.3) is 22.6 Å². The Morgan fingerprint density at radius 3 is 2.44 bits per heavy atom. The lowest BCUT2D eigenvalue weighted by molar-refractivity contribution is 0.102. The normalized spacial score (nSPS) is 10.9. The molecule has 4 heteroatoms. The van der Waals surface area contributed by atoms with Gasteiger partial charge in [0.2, 0.25) is 5.89 Å². The van der Waals surface area contributed by atoms with E-state index in [-0.39, 0.29) is 5.91 Å². The summed E-state index contributed by atoms with van der Waals surface area (Å²) < 4.78 is 5.91. The van der Waals surface area contributed by atoms with E-state index in [1.54, 1.807) is 6.07 Å². The predicted octanol–water partition coefficient (Wildman–Crippen LogP) is 5.62. The summed E-state index contributed by atoms with van der Waals surface area (Å²) >= 11 is 0. The average Bonchev–Trinajstić information content (AvgIpc) is 3.12. The van der Waals surface area contributed by atoms with Crippen molar-refractivity contribution in [3.63, 3.8) is 0 Å². The number of benzene rings is 3. The Hall–Kier alpha value is -3.40. The number of hydrogen-bond donors (Lipinski definition) is 1. The zero-order valence-corrected chi connectivity index (χ0v) is 15.3. The van der Waals surface area contributed by atoms with Gasteiger partial charge in [-0.05, 0) is 55.3 Å². The van der Waals surface area contributed by atoms with Crippen molar-refractivity contribution >= 4 is 22.7 Å². The molecular formula is C23H20N2O2. The summed E-state index contributed by atoms with van der Waals surface area (Å²) in [7, 11) is 0.